The van der Waals surface area contributed by atoms with Gasteiger partial charge in [-0.05, 0) is 18.2 Å². The highest BCUT2D eigenvalue weighted by Crippen LogP contribution is 2.21. The molecule has 2 rings (SSSR count). The highest BCUT2D eigenvalue weighted by atomic mass is 19.1. The molecule has 0 saturated carbocycles. The molecule has 1 heterocycles. The molecule has 1 aliphatic heterocycles. The minimum absolute atomic E-state index is 0.155. The third kappa shape index (κ3) is 2.86. The summed E-state index contributed by atoms with van der Waals surface area (Å²) in [5, 5.41) is 8.85. The van der Waals surface area contributed by atoms with Crippen molar-refractivity contribution in [2.24, 2.45) is 0 Å². The number of piperazine rings is 1. The van der Waals surface area contributed by atoms with E-state index in [-0.39, 0.29) is 12.4 Å². The first-order valence-electron chi connectivity index (χ1n) is 6.07. The third-order valence-electron chi connectivity index (χ3n) is 3.24. The summed E-state index contributed by atoms with van der Waals surface area (Å²) in [6.07, 6.45) is 0.645. The first-order valence-corrected chi connectivity index (χ1v) is 6.07. The quantitative estimate of drug-likeness (QED) is 0.803. The Morgan fingerprint density at radius 3 is 2.56 bits per heavy atom. The van der Waals surface area contributed by atoms with Gasteiger partial charge in [-0.3, -0.25) is 9.69 Å². The van der Waals surface area contributed by atoms with Crippen LogP contribution in [0.15, 0.2) is 18.2 Å². The second-order valence-corrected chi connectivity index (χ2v) is 4.38. The molecule has 0 aromatic heterocycles. The molecule has 98 valence electrons. The molecule has 1 aromatic rings. The highest BCUT2D eigenvalue weighted by molar-refractivity contribution is 5.76. The van der Waals surface area contributed by atoms with E-state index in [0.29, 0.717) is 24.1 Å². The second-order valence-electron chi connectivity index (χ2n) is 4.38. The van der Waals surface area contributed by atoms with Crippen molar-refractivity contribution in [1.82, 2.24) is 4.90 Å². The van der Waals surface area contributed by atoms with Crippen molar-refractivity contribution in [3.8, 4) is 0 Å². The molecule has 0 unspecified atom stereocenters. The van der Waals surface area contributed by atoms with Crippen LogP contribution in [0.5, 0.6) is 0 Å². The van der Waals surface area contributed by atoms with Crippen LogP contribution in [-0.4, -0.2) is 55.6 Å². The summed E-state index contributed by atoms with van der Waals surface area (Å²) in [7, 11) is 0. The molecule has 0 amide bonds. The van der Waals surface area contributed by atoms with Gasteiger partial charge in [-0.1, -0.05) is 0 Å². The number of aldehydes is 1. The van der Waals surface area contributed by atoms with E-state index in [1.54, 1.807) is 12.1 Å². The molecule has 0 bridgehead atoms. The van der Waals surface area contributed by atoms with Gasteiger partial charge in [0.1, 0.15) is 12.1 Å². The molecule has 1 aliphatic rings. The van der Waals surface area contributed by atoms with Crippen LogP contribution < -0.4 is 4.90 Å². The van der Waals surface area contributed by atoms with Crippen LogP contribution in [0, 0.1) is 5.82 Å². The number of β-amino-alcohol motifs (C(OH)–C–C–N with tert-alkyl or cyclic N) is 1. The van der Waals surface area contributed by atoms with E-state index in [2.05, 4.69) is 4.90 Å². The third-order valence-corrected chi connectivity index (χ3v) is 3.24. The van der Waals surface area contributed by atoms with Gasteiger partial charge in [-0.25, -0.2) is 4.39 Å². The Morgan fingerprint density at radius 1 is 1.28 bits per heavy atom. The smallest absolute Gasteiger partial charge is 0.150 e. The minimum Gasteiger partial charge on any atom is -0.395 e. The normalized spacial score (nSPS) is 16.9. The number of anilines is 1. The summed E-state index contributed by atoms with van der Waals surface area (Å²) >= 11 is 0. The van der Waals surface area contributed by atoms with E-state index >= 15 is 0 Å². The summed E-state index contributed by atoms with van der Waals surface area (Å²) in [5.74, 6) is -0.352. The van der Waals surface area contributed by atoms with Crippen LogP contribution in [0.3, 0.4) is 0 Å². The molecule has 1 fully saturated rings. The topological polar surface area (TPSA) is 43.8 Å². The van der Waals surface area contributed by atoms with E-state index in [9.17, 15) is 9.18 Å². The molecule has 5 heteroatoms. The number of carbonyl (C=O) groups excluding carboxylic acids is 1. The van der Waals surface area contributed by atoms with Crippen LogP contribution in [0.1, 0.15) is 10.4 Å². The fourth-order valence-electron chi connectivity index (χ4n) is 2.21. The van der Waals surface area contributed by atoms with Crippen LogP contribution in [0.25, 0.3) is 0 Å². The Labute approximate surface area is 106 Å². The molecule has 4 nitrogen and oxygen atoms in total. The van der Waals surface area contributed by atoms with Crippen molar-refractivity contribution in [2.75, 3.05) is 44.2 Å². The predicted octanol–water partition coefficient (Wildman–Crippen LogP) is 0.752. The second kappa shape index (κ2) is 5.93. The zero-order chi connectivity index (χ0) is 13.0. The molecule has 18 heavy (non-hydrogen) atoms. The molecular formula is C13H17FN2O2. The number of halogens is 1. The van der Waals surface area contributed by atoms with E-state index in [1.165, 1.54) is 6.07 Å². The maximum Gasteiger partial charge on any atom is 0.150 e. The van der Waals surface area contributed by atoms with Crippen LogP contribution >= 0.6 is 0 Å². The zero-order valence-corrected chi connectivity index (χ0v) is 10.2. The van der Waals surface area contributed by atoms with Crippen molar-refractivity contribution in [3.05, 3.63) is 29.6 Å². The summed E-state index contributed by atoms with van der Waals surface area (Å²) in [6, 6.07) is 4.55. The summed E-state index contributed by atoms with van der Waals surface area (Å²) in [4.78, 5) is 14.7. The Balaban J connectivity index is 2.03. The Hall–Kier alpha value is -1.46. The molecule has 0 aliphatic carbocycles. The molecule has 1 saturated heterocycles. The fraction of sp³-hybridized carbons (Fsp3) is 0.462. The van der Waals surface area contributed by atoms with Gasteiger partial charge in [-0.2, -0.15) is 0 Å². The van der Waals surface area contributed by atoms with Gasteiger partial charge >= 0.3 is 0 Å². The number of benzene rings is 1. The van der Waals surface area contributed by atoms with Crippen molar-refractivity contribution in [1.29, 1.82) is 0 Å². The molecule has 0 atom stereocenters. The molecule has 1 N–H and O–H groups in total. The van der Waals surface area contributed by atoms with E-state index in [1.807, 2.05) is 4.90 Å². The first kappa shape index (κ1) is 13.0. The maximum absolute atomic E-state index is 13.8. The number of aliphatic hydroxyl groups excluding tert-OH is 1. The number of hydrogen-bond donors (Lipinski definition) is 1. The lowest BCUT2D eigenvalue weighted by atomic mass is 10.2. The lowest BCUT2D eigenvalue weighted by Gasteiger charge is -2.35. The lowest BCUT2D eigenvalue weighted by Crippen LogP contribution is -2.47. The number of aliphatic hydroxyl groups is 1. The van der Waals surface area contributed by atoms with Crippen LogP contribution in [0.2, 0.25) is 0 Å². The minimum atomic E-state index is -0.352. The van der Waals surface area contributed by atoms with Gasteiger partial charge in [0.25, 0.3) is 0 Å². The SMILES string of the molecule is O=Cc1ccc(N2CCN(CCO)CC2)c(F)c1. The average molecular weight is 252 g/mol. The number of nitrogens with zero attached hydrogens (tertiary/aromatic N) is 2. The first-order chi connectivity index (χ1) is 8.74. The van der Waals surface area contributed by atoms with E-state index < -0.39 is 0 Å². The van der Waals surface area contributed by atoms with Crippen molar-refractivity contribution >= 4 is 12.0 Å². The molecule has 0 radical (unpaired) electrons. The summed E-state index contributed by atoms with van der Waals surface area (Å²) < 4.78 is 13.8. The summed E-state index contributed by atoms with van der Waals surface area (Å²) in [5.41, 5.74) is 0.902. The van der Waals surface area contributed by atoms with Gasteiger partial charge in [0.15, 0.2) is 0 Å². The van der Waals surface area contributed by atoms with Gasteiger partial charge in [-0.15, -0.1) is 0 Å². The van der Waals surface area contributed by atoms with Crippen LogP contribution in [-0.2, 0) is 0 Å². The van der Waals surface area contributed by atoms with Gasteiger partial charge < -0.3 is 10.0 Å². The number of hydrogen-bond acceptors (Lipinski definition) is 4. The lowest BCUT2D eigenvalue weighted by molar-refractivity contribution is 0.112. The molecular weight excluding hydrogens is 235 g/mol. The molecule has 0 spiro atoms. The monoisotopic (exact) mass is 252 g/mol. The van der Waals surface area contributed by atoms with Gasteiger partial charge in [0, 0.05) is 38.3 Å². The van der Waals surface area contributed by atoms with Crippen molar-refractivity contribution in [3.63, 3.8) is 0 Å². The Kier molecular flexibility index (Phi) is 4.28. The predicted molar refractivity (Wildman–Crippen MR) is 67.5 cm³/mol. The highest BCUT2D eigenvalue weighted by Gasteiger charge is 2.19. The zero-order valence-electron chi connectivity index (χ0n) is 10.2. The van der Waals surface area contributed by atoms with E-state index in [4.69, 9.17) is 5.11 Å². The van der Waals surface area contributed by atoms with Crippen LogP contribution in [0.4, 0.5) is 10.1 Å². The average Bonchev–Trinajstić information content (AvgIpc) is 2.40. The standard InChI is InChI=1S/C13H17FN2O2/c14-12-9-11(10-18)1-2-13(12)16-5-3-15(4-6-16)7-8-17/h1-2,9-10,17H,3-8H2. The van der Waals surface area contributed by atoms with E-state index in [0.717, 1.165) is 26.2 Å². The molecule has 1 aromatic carbocycles. The largest absolute Gasteiger partial charge is 0.395 e. The van der Waals surface area contributed by atoms with Gasteiger partial charge in [0.05, 0.1) is 12.3 Å². The van der Waals surface area contributed by atoms with Gasteiger partial charge in [0.2, 0.25) is 0 Å². The maximum atomic E-state index is 13.8. The summed E-state index contributed by atoms with van der Waals surface area (Å²) in [6.45, 7) is 3.92. The fourth-order valence-corrected chi connectivity index (χ4v) is 2.21. The van der Waals surface area contributed by atoms with Crippen molar-refractivity contribution in [2.45, 2.75) is 0 Å². The van der Waals surface area contributed by atoms with Crippen molar-refractivity contribution < 1.29 is 14.3 Å². The number of rotatable bonds is 4. The number of carbonyl (C=O) groups is 1. The Morgan fingerprint density at radius 2 is 2.00 bits per heavy atom. The Bertz CT molecular complexity index is 417.